The van der Waals surface area contributed by atoms with E-state index in [0.29, 0.717) is 10.2 Å². The Kier molecular flexibility index (Phi) is 4.01. The number of alkyl halides is 3. The van der Waals surface area contributed by atoms with Gasteiger partial charge in [0.05, 0.1) is 10.2 Å². The Labute approximate surface area is 141 Å². The highest BCUT2D eigenvalue weighted by Crippen LogP contribution is 2.46. The van der Waals surface area contributed by atoms with Gasteiger partial charge in [-0.3, -0.25) is 0 Å². The average Bonchev–Trinajstić information content (AvgIpc) is 2.97. The van der Waals surface area contributed by atoms with Crippen molar-refractivity contribution < 1.29 is 18.3 Å². The lowest BCUT2D eigenvalue weighted by molar-refractivity contribution is -0.248. The van der Waals surface area contributed by atoms with Gasteiger partial charge < -0.3 is 10.0 Å². The van der Waals surface area contributed by atoms with Crippen LogP contribution in [0.4, 0.5) is 18.9 Å². The summed E-state index contributed by atoms with van der Waals surface area (Å²) < 4.78 is 41.9. The van der Waals surface area contributed by atoms with Crippen molar-refractivity contribution in [3.8, 4) is 0 Å². The van der Waals surface area contributed by atoms with Gasteiger partial charge in [-0.05, 0) is 29.8 Å². The van der Waals surface area contributed by atoms with Crippen LogP contribution < -0.4 is 4.90 Å². The molecular formula is C17H15F3N2OS. The van der Waals surface area contributed by atoms with Gasteiger partial charge in [0.2, 0.25) is 5.60 Å². The fraction of sp³-hybridized carbons (Fsp3) is 0.235. The Hall–Kier alpha value is -2.12. The number of aromatic nitrogens is 1. The van der Waals surface area contributed by atoms with Gasteiger partial charge in [0, 0.05) is 19.8 Å². The van der Waals surface area contributed by atoms with Gasteiger partial charge in [-0.1, -0.05) is 24.3 Å². The molecule has 126 valence electrons. The van der Waals surface area contributed by atoms with Crippen molar-refractivity contribution in [2.75, 3.05) is 19.0 Å². The molecule has 0 spiro atoms. The lowest BCUT2D eigenvalue weighted by atomic mass is 9.93. The number of para-hydroxylation sites is 1. The molecule has 24 heavy (non-hydrogen) atoms. The Morgan fingerprint density at radius 1 is 1.00 bits per heavy atom. The zero-order chi connectivity index (χ0) is 17.5. The molecule has 2 aromatic carbocycles. The number of fused-ring (bicyclic) bond motifs is 1. The fourth-order valence-electron chi connectivity index (χ4n) is 2.44. The van der Waals surface area contributed by atoms with Crippen LogP contribution in [0.2, 0.25) is 0 Å². The monoisotopic (exact) mass is 352 g/mol. The quantitative estimate of drug-likeness (QED) is 0.769. The molecular weight excluding hydrogens is 337 g/mol. The second kappa shape index (κ2) is 5.75. The largest absolute Gasteiger partial charge is 0.428 e. The third-order valence-electron chi connectivity index (χ3n) is 3.82. The summed E-state index contributed by atoms with van der Waals surface area (Å²) in [6.07, 6.45) is -4.89. The van der Waals surface area contributed by atoms with Gasteiger partial charge in [0.25, 0.3) is 0 Å². The maximum atomic E-state index is 13.8. The van der Waals surface area contributed by atoms with Crippen LogP contribution in [0.3, 0.4) is 0 Å². The molecule has 0 fully saturated rings. The van der Waals surface area contributed by atoms with Crippen LogP contribution in [0.5, 0.6) is 0 Å². The van der Waals surface area contributed by atoms with E-state index in [2.05, 4.69) is 4.98 Å². The van der Waals surface area contributed by atoms with Crippen molar-refractivity contribution in [1.82, 2.24) is 4.98 Å². The summed E-state index contributed by atoms with van der Waals surface area (Å²) in [7, 11) is 3.58. The molecule has 3 aromatic rings. The molecule has 0 aliphatic carbocycles. The maximum absolute atomic E-state index is 13.8. The van der Waals surface area contributed by atoms with E-state index in [1.54, 1.807) is 55.4 Å². The number of anilines is 1. The predicted molar refractivity (Wildman–Crippen MR) is 89.4 cm³/mol. The van der Waals surface area contributed by atoms with Crippen LogP contribution in [0.15, 0.2) is 48.5 Å². The van der Waals surface area contributed by atoms with Crippen molar-refractivity contribution >= 4 is 27.2 Å². The second-order valence-electron chi connectivity index (χ2n) is 5.64. The first-order valence-electron chi connectivity index (χ1n) is 7.16. The number of benzene rings is 2. The first kappa shape index (κ1) is 16.7. The van der Waals surface area contributed by atoms with Crippen LogP contribution >= 0.6 is 11.3 Å². The zero-order valence-electron chi connectivity index (χ0n) is 13.0. The van der Waals surface area contributed by atoms with Gasteiger partial charge >= 0.3 is 6.18 Å². The van der Waals surface area contributed by atoms with Gasteiger partial charge in [-0.2, -0.15) is 13.2 Å². The van der Waals surface area contributed by atoms with Crippen molar-refractivity contribution in [3.63, 3.8) is 0 Å². The molecule has 0 aliphatic rings. The summed E-state index contributed by atoms with van der Waals surface area (Å²) in [5.41, 5.74) is -2.21. The zero-order valence-corrected chi connectivity index (χ0v) is 13.8. The van der Waals surface area contributed by atoms with E-state index in [4.69, 9.17) is 0 Å². The minimum atomic E-state index is -4.89. The number of rotatable bonds is 3. The van der Waals surface area contributed by atoms with Crippen LogP contribution in [0.25, 0.3) is 10.2 Å². The van der Waals surface area contributed by atoms with Crippen LogP contribution in [0, 0.1) is 0 Å². The predicted octanol–water partition coefficient (Wildman–Crippen LogP) is 4.16. The van der Waals surface area contributed by atoms with Gasteiger partial charge in [0.15, 0.2) is 0 Å². The molecule has 7 heteroatoms. The number of hydrogen-bond donors (Lipinski definition) is 1. The second-order valence-corrected chi connectivity index (χ2v) is 6.67. The highest BCUT2D eigenvalue weighted by molar-refractivity contribution is 7.18. The third-order valence-corrected chi connectivity index (χ3v) is 4.96. The molecule has 0 aliphatic heterocycles. The molecule has 3 nitrogen and oxygen atoms in total. The van der Waals surface area contributed by atoms with E-state index in [0.717, 1.165) is 17.0 Å². The Bertz CT molecular complexity index is 825. The van der Waals surface area contributed by atoms with E-state index >= 15 is 0 Å². The first-order valence-corrected chi connectivity index (χ1v) is 7.98. The minimum absolute atomic E-state index is 0.250. The van der Waals surface area contributed by atoms with Crippen LogP contribution in [-0.4, -0.2) is 30.4 Å². The summed E-state index contributed by atoms with van der Waals surface area (Å²) in [6, 6.07) is 12.4. The molecule has 1 unspecified atom stereocenters. The van der Waals surface area contributed by atoms with Crippen LogP contribution in [-0.2, 0) is 5.60 Å². The molecule has 0 saturated carbocycles. The van der Waals surface area contributed by atoms with E-state index in [1.807, 2.05) is 0 Å². The SMILES string of the molecule is CN(C)c1ccc(C(O)(c2nc3ccccc3s2)C(F)(F)F)cc1. The van der Waals surface area contributed by atoms with Crippen molar-refractivity contribution in [2.45, 2.75) is 11.8 Å². The molecule has 3 rings (SSSR count). The highest BCUT2D eigenvalue weighted by atomic mass is 32.1. The van der Waals surface area contributed by atoms with Crippen molar-refractivity contribution in [3.05, 3.63) is 59.1 Å². The third kappa shape index (κ3) is 2.63. The summed E-state index contributed by atoms with van der Waals surface area (Å²) in [4.78, 5) is 5.80. The molecule has 0 radical (unpaired) electrons. The average molecular weight is 352 g/mol. The number of nitrogens with zero attached hydrogens (tertiary/aromatic N) is 2. The molecule has 1 N–H and O–H groups in total. The highest BCUT2D eigenvalue weighted by Gasteiger charge is 2.58. The fourth-order valence-corrected chi connectivity index (χ4v) is 3.53. The normalized spacial score (nSPS) is 14.6. The molecule has 1 atom stereocenters. The molecule has 0 bridgehead atoms. The van der Waals surface area contributed by atoms with Gasteiger partial charge in [-0.25, -0.2) is 4.98 Å². The minimum Gasteiger partial charge on any atom is -0.378 e. The topological polar surface area (TPSA) is 36.4 Å². The Morgan fingerprint density at radius 2 is 1.62 bits per heavy atom. The number of halogens is 3. The molecule has 0 saturated heterocycles. The van der Waals surface area contributed by atoms with E-state index < -0.39 is 11.8 Å². The van der Waals surface area contributed by atoms with Gasteiger partial charge in [0.1, 0.15) is 5.01 Å². The number of hydrogen-bond acceptors (Lipinski definition) is 4. The summed E-state index contributed by atoms with van der Waals surface area (Å²) in [5.74, 6) is 0. The number of aliphatic hydroxyl groups is 1. The Morgan fingerprint density at radius 3 is 2.17 bits per heavy atom. The summed E-state index contributed by atoms with van der Waals surface area (Å²) >= 11 is 0.845. The lowest BCUT2D eigenvalue weighted by Crippen LogP contribution is -2.43. The summed E-state index contributed by atoms with van der Waals surface area (Å²) in [5, 5.41) is 10.2. The van der Waals surface area contributed by atoms with Crippen molar-refractivity contribution in [1.29, 1.82) is 0 Å². The summed E-state index contributed by atoms with van der Waals surface area (Å²) in [6.45, 7) is 0. The molecule has 1 aromatic heterocycles. The van der Waals surface area contributed by atoms with Crippen LogP contribution in [0.1, 0.15) is 10.6 Å². The maximum Gasteiger partial charge on any atom is 0.428 e. The Balaban J connectivity index is 2.17. The number of thiazole rings is 1. The standard InChI is InChI=1S/C17H15F3N2OS/c1-22(2)12-9-7-11(8-10-12)16(23,17(18,19)20)15-21-13-5-3-4-6-14(13)24-15/h3-10,23H,1-2H3. The van der Waals surface area contributed by atoms with E-state index in [-0.39, 0.29) is 10.6 Å². The smallest absolute Gasteiger partial charge is 0.378 e. The van der Waals surface area contributed by atoms with Gasteiger partial charge in [-0.15, -0.1) is 11.3 Å². The van der Waals surface area contributed by atoms with E-state index in [9.17, 15) is 18.3 Å². The lowest BCUT2D eigenvalue weighted by Gasteiger charge is -2.29. The molecule has 1 heterocycles. The van der Waals surface area contributed by atoms with Crippen molar-refractivity contribution in [2.24, 2.45) is 0 Å². The first-order chi connectivity index (χ1) is 11.2. The van der Waals surface area contributed by atoms with E-state index in [1.165, 1.54) is 12.1 Å². The molecule has 0 amide bonds.